The molecule has 0 heterocycles. The predicted octanol–water partition coefficient (Wildman–Crippen LogP) is 5.69. The molecule has 0 aliphatic carbocycles. The first-order valence-electron chi connectivity index (χ1n) is 5.79. The average molecular weight is 395 g/mol. The van der Waals surface area contributed by atoms with E-state index in [0.29, 0.717) is 0 Å². The molecule has 0 aliphatic heterocycles. The van der Waals surface area contributed by atoms with E-state index in [0.717, 1.165) is 4.47 Å². The molecule has 0 radical (unpaired) electrons. The Morgan fingerprint density at radius 2 is 1.35 bits per heavy atom. The van der Waals surface area contributed by atoms with Gasteiger partial charge in [0.2, 0.25) is 0 Å². The quantitative estimate of drug-likeness (QED) is 0.595. The molecule has 0 aromatic heterocycles. The zero-order valence-corrected chi connectivity index (χ0v) is 16.6. The molecule has 17 heavy (non-hydrogen) atoms. The van der Waals surface area contributed by atoms with Crippen LogP contribution in [0.4, 0.5) is 5.69 Å². The molecular formula is C12H21Br2NSi2. The summed E-state index contributed by atoms with van der Waals surface area (Å²) in [5.41, 5.74) is 1.35. The number of anilines is 1. The molecule has 5 heteroatoms. The first kappa shape index (κ1) is 15.5. The Morgan fingerprint density at radius 3 is 1.71 bits per heavy atom. The Bertz CT molecular complexity index is 394. The zero-order chi connectivity index (χ0) is 13.4. The fraction of sp³-hybridized carbons (Fsp3) is 0.500. The van der Waals surface area contributed by atoms with Gasteiger partial charge < -0.3 is 4.23 Å². The fourth-order valence-electron chi connectivity index (χ4n) is 2.39. The maximum atomic E-state index is 3.71. The minimum absolute atomic E-state index is 1.12. The van der Waals surface area contributed by atoms with Gasteiger partial charge in [-0.15, -0.1) is 0 Å². The fourth-order valence-corrected chi connectivity index (χ4v) is 13.8. The van der Waals surface area contributed by atoms with Crippen LogP contribution in [0.2, 0.25) is 39.3 Å². The van der Waals surface area contributed by atoms with E-state index in [-0.39, 0.29) is 0 Å². The smallest absolute Gasteiger partial charge is 0.138 e. The van der Waals surface area contributed by atoms with E-state index in [1.54, 1.807) is 0 Å². The third-order valence-corrected chi connectivity index (χ3v) is 10.8. The Balaban J connectivity index is 3.34. The van der Waals surface area contributed by atoms with Gasteiger partial charge in [-0.25, -0.2) is 0 Å². The molecule has 0 atom stereocenters. The maximum absolute atomic E-state index is 3.71. The summed E-state index contributed by atoms with van der Waals surface area (Å²) in [7, 11) is -2.72. The second-order valence-electron chi connectivity index (χ2n) is 6.27. The molecule has 0 aliphatic rings. The zero-order valence-electron chi connectivity index (χ0n) is 11.4. The van der Waals surface area contributed by atoms with Gasteiger partial charge >= 0.3 is 0 Å². The van der Waals surface area contributed by atoms with Crippen LogP contribution in [0.3, 0.4) is 0 Å². The second-order valence-corrected chi connectivity index (χ2v) is 18.1. The van der Waals surface area contributed by atoms with Gasteiger partial charge in [-0.05, 0) is 34.1 Å². The van der Waals surface area contributed by atoms with E-state index in [4.69, 9.17) is 0 Å². The van der Waals surface area contributed by atoms with Crippen molar-refractivity contribution in [3.63, 3.8) is 0 Å². The van der Waals surface area contributed by atoms with Crippen molar-refractivity contribution in [1.82, 2.24) is 0 Å². The van der Waals surface area contributed by atoms with Crippen molar-refractivity contribution in [3.05, 3.63) is 27.1 Å². The van der Waals surface area contributed by atoms with Gasteiger partial charge in [-0.1, -0.05) is 55.2 Å². The van der Waals surface area contributed by atoms with Crippen LogP contribution >= 0.6 is 31.9 Å². The van der Waals surface area contributed by atoms with Crippen LogP contribution < -0.4 is 4.23 Å². The largest absolute Gasteiger partial charge is 0.424 e. The summed E-state index contributed by atoms with van der Waals surface area (Å²) in [6.07, 6.45) is 0. The summed E-state index contributed by atoms with van der Waals surface area (Å²) in [6.45, 7) is 14.5. The Labute approximate surface area is 124 Å². The Morgan fingerprint density at radius 1 is 0.882 bits per heavy atom. The SMILES string of the molecule is C[Si](C)(C)N(c1ccc(Br)cc1Br)[Si](C)(C)C. The molecule has 1 aromatic rings. The van der Waals surface area contributed by atoms with Crippen LogP contribution in [0.25, 0.3) is 0 Å². The lowest BCUT2D eigenvalue weighted by Gasteiger charge is -2.46. The van der Waals surface area contributed by atoms with Crippen molar-refractivity contribution in [2.24, 2.45) is 0 Å². The van der Waals surface area contributed by atoms with Gasteiger partial charge in [0, 0.05) is 14.6 Å². The first-order valence-corrected chi connectivity index (χ1v) is 14.3. The van der Waals surface area contributed by atoms with E-state index in [1.807, 2.05) is 0 Å². The van der Waals surface area contributed by atoms with Gasteiger partial charge in [0.1, 0.15) is 16.5 Å². The molecule has 0 spiro atoms. The number of rotatable bonds is 3. The van der Waals surface area contributed by atoms with Crippen molar-refractivity contribution in [2.45, 2.75) is 39.3 Å². The summed E-state index contributed by atoms with van der Waals surface area (Å²) in [5.74, 6) is 0. The van der Waals surface area contributed by atoms with E-state index in [9.17, 15) is 0 Å². The maximum Gasteiger partial charge on any atom is 0.138 e. The van der Waals surface area contributed by atoms with Gasteiger partial charge in [0.15, 0.2) is 0 Å². The monoisotopic (exact) mass is 393 g/mol. The molecular weight excluding hydrogens is 374 g/mol. The lowest BCUT2D eigenvalue weighted by Crippen LogP contribution is -2.59. The van der Waals surface area contributed by atoms with Crippen LogP contribution in [-0.2, 0) is 0 Å². The number of hydrogen-bond donors (Lipinski definition) is 0. The van der Waals surface area contributed by atoms with E-state index >= 15 is 0 Å². The average Bonchev–Trinajstić information content (AvgIpc) is 2.04. The highest BCUT2D eigenvalue weighted by Crippen LogP contribution is 2.35. The molecule has 0 fully saturated rings. The summed E-state index contributed by atoms with van der Waals surface area (Å²) in [6, 6.07) is 6.50. The van der Waals surface area contributed by atoms with Crippen molar-refractivity contribution >= 4 is 54.0 Å². The topological polar surface area (TPSA) is 3.24 Å². The second kappa shape index (κ2) is 5.19. The number of nitrogens with zero attached hydrogens (tertiary/aromatic N) is 1. The molecule has 0 saturated heterocycles. The lowest BCUT2D eigenvalue weighted by atomic mass is 10.3. The third-order valence-electron chi connectivity index (χ3n) is 2.49. The van der Waals surface area contributed by atoms with Crippen LogP contribution in [-0.4, -0.2) is 16.5 Å². The van der Waals surface area contributed by atoms with Crippen LogP contribution in [0.15, 0.2) is 27.1 Å². The van der Waals surface area contributed by atoms with Crippen LogP contribution in [0.1, 0.15) is 0 Å². The van der Waals surface area contributed by atoms with Gasteiger partial charge in [0.25, 0.3) is 0 Å². The summed E-state index contributed by atoms with van der Waals surface area (Å²) >= 11 is 7.23. The van der Waals surface area contributed by atoms with Gasteiger partial charge in [-0.3, -0.25) is 0 Å². The highest BCUT2D eigenvalue weighted by atomic mass is 79.9. The number of halogens is 2. The van der Waals surface area contributed by atoms with Crippen LogP contribution in [0.5, 0.6) is 0 Å². The molecule has 0 unspecified atom stereocenters. The molecule has 0 N–H and O–H groups in total. The van der Waals surface area contributed by atoms with Gasteiger partial charge in [-0.2, -0.15) is 0 Å². The minimum atomic E-state index is -1.36. The number of hydrogen-bond acceptors (Lipinski definition) is 1. The van der Waals surface area contributed by atoms with Crippen molar-refractivity contribution in [2.75, 3.05) is 4.23 Å². The van der Waals surface area contributed by atoms with E-state index in [1.165, 1.54) is 10.2 Å². The summed E-state index contributed by atoms with van der Waals surface area (Å²) in [5, 5.41) is 0. The highest BCUT2D eigenvalue weighted by Gasteiger charge is 2.35. The molecule has 1 nitrogen and oxygen atoms in total. The first-order chi connectivity index (χ1) is 7.53. The number of benzene rings is 1. The lowest BCUT2D eigenvalue weighted by molar-refractivity contribution is 1.34. The Hall–Kier alpha value is 0.414. The molecule has 0 saturated carbocycles. The standard InChI is InChI=1S/C12H21Br2NSi2/c1-16(2,3)15(17(4,5)6)12-8-7-10(13)9-11(12)14/h7-9H,1-6H3. The van der Waals surface area contributed by atoms with Crippen molar-refractivity contribution in [3.8, 4) is 0 Å². The van der Waals surface area contributed by atoms with Crippen molar-refractivity contribution < 1.29 is 0 Å². The molecule has 0 bridgehead atoms. The highest BCUT2D eigenvalue weighted by molar-refractivity contribution is 9.11. The molecule has 1 rings (SSSR count). The summed E-state index contributed by atoms with van der Waals surface area (Å²) in [4.78, 5) is 0. The minimum Gasteiger partial charge on any atom is -0.424 e. The third kappa shape index (κ3) is 3.94. The molecule has 1 aromatic carbocycles. The molecule has 96 valence electrons. The predicted molar refractivity (Wildman–Crippen MR) is 91.0 cm³/mol. The van der Waals surface area contributed by atoms with E-state index < -0.39 is 16.5 Å². The van der Waals surface area contributed by atoms with Crippen molar-refractivity contribution in [1.29, 1.82) is 0 Å². The normalized spacial score (nSPS) is 12.7. The van der Waals surface area contributed by atoms with E-state index in [2.05, 4.69) is 93.6 Å². The van der Waals surface area contributed by atoms with Crippen LogP contribution in [0, 0.1) is 0 Å². The molecule has 0 amide bonds. The Kier molecular flexibility index (Phi) is 4.72. The summed E-state index contributed by atoms with van der Waals surface area (Å²) < 4.78 is 5.03. The van der Waals surface area contributed by atoms with Gasteiger partial charge in [0.05, 0.1) is 0 Å².